The fraction of sp³-hybridized carbons (Fsp3) is 0.667. The molecule has 0 fully saturated rings. The van der Waals surface area contributed by atoms with Gasteiger partial charge in [-0.3, -0.25) is 0 Å². The summed E-state index contributed by atoms with van der Waals surface area (Å²) in [5.41, 5.74) is 6.73. The Labute approximate surface area is 134 Å². The number of hydrogen-bond donors (Lipinski definition) is 1. The van der Waals surface area contributed by atoms with E-state index in [-0.39, 0.29) is 16.9 Å². The van der Waals surface area contributed by atoms with Gasteiger partial charge in [-0.2, -0.15) is 0 Å². The summed E-state index contributed by atoms with van der Waals surface area (Å²) in [5.74, 6) is -0.314. The lowest BCUT2D eigenvalue weighted by atomic mass is 10.00. The highest BCUT2D eigenvalue weighted by Gasteiger charge is 2.10. The largest absolute Gasteiger partial charge is 0.327 e. The van der Waals surface area contributed by atoms with Crippen LogP contribution in [0.4, 0.5) is 4.39 Å². The predicted molar refractivity (Wildman–Crippen MR) is 90.3 cm³/mol. The van der Waals surface area contributed by atoms with Crippen molar-refractivity contribution in [1.29, 1.82) is 0 Å². The first-order chi connectivity index (χ1) is 10.1. The topological polar surface area (TPSA) is 26.0 Å². The van der Waals surface area contributed by atoms with Crippen LogP contribution in [-0.4, -0.2) is 6.04 Å². The SMILES string of the molecule is CCCCCCCCCCC(N)Cc1cccc(Cl)c1F. The van der Waals surface area contributed by atoms with Crippen molar-refractivity contribution in [3.63, 3.8) is 0 Å². The van der Waals surface area contributed by atoms with Crippen molar-refractivity contribution in [2.45, 2.75) is 77.2 Å². The van der Waals surface area contributed by atoms with E-state index < -0.39 is 0 Å². The summed E-state index contributed by atoms with van der Waals surface area (Å²) >= 11 is 5.78. The van der Waals surface area contributed by atoms with Crippen molar-refractivity contribution >= 4 is 11.6 Å². The molecule has 0 spiro atoms. The van der Waals surface area contributed by atoms with E-state index in [2.05, 4.69) is 6.92 Å². The Morgan fingerprint density at radius 2 is 1.67 bits per heavy atom. The van der Waals surface area contributed by atoms with Crippen molar-refractivity contribution in [3.8, 4) is 0 Å². The van der Waals surface area contributed by atoms with E-state index in [1.165, 1.54) is 44.9 Å². The van der Waals surface area contributed by atoms with Crippen LogP contribution in [0.3, 0.4) is 0 Å². The molecule has 0 amide bonds. The molecule has 0 bridgehead atoms. The first kappa shape index (κ1) is 18.4. The molecule has 120 valence electrons. The van der Waals surface area contributed by atoms with Crippen LogP contribution in [0.5, 0.6) is 0 Å². The Hall–Kier alpha value is -0.600. The lowest BCUT2D eigenvalue weighted by Gasteiger charge is -2.12. The van der Waals surface area contributed by atoms with Gasteiger partial charge in [0.1, 0.15) is 5.82 Å². The van der Waals surface area contributed by atoms with Crippen molar-refractivity contribution < 1.29 is 4.39 Å². The molecule has 3 heteroatoms. The second-order valence-electron chi connectivity index (χ2n) is 5.94. The summed E-state index contributed by atoms with van der Waals surface area (Å²) in [5, 5.41) is 0.187. The smallest absolute Gasteiger partial charge is 0.145 e. The number of unbranched alkanes of at least 4 members (excludes halogenated alkanes) is 7. The van der Waals surface area contributed by atoms with Gasteiger partial charge in [0.05, 0.1) is 5.02 Å². The van der Waals surface area contributed by atoms with Gasteiger partial charge < -0.3 is 5.73 Å². The zero-order chi connectivity index (χ0) is 15.5. The minimum absolute atomic E-state index is 0.0260. The minimum Gasteiger partial charge on any atom is -0.327 e. The lowest BCUT2D eigenvalue weighted by Crippen LogP contribution is -2.23. The monoisotopic (exact) mass is 313 g/mol. The van der Waals surface area contributed by atoms with E-state index in [4.69, 9.17) is 17.3 Å². The fourth-order valence-corrected chi connectivity index (χ4v) is 2.83. The lowest BCUT2D eigenvalue weighted by molar-refractivity contribution is 0.516. The third-order valence-corrected chi connectivity index (χ3v) is 4.23. The van der Waals surface area contributed by atoms with E-state index in [1.807, 2.05) is 0 Å². The van der Waals surface area contributed by atoms with Gasteiger partial charge in [0.2, 0.25) is 0 Å². The molecule has 1 aromatic rings. The summed E-state index contributed by atoms with van der Waals surface area (Å²) in [7, 11) is 0. The Morgan fingerprint density at radius 3 is 2.33 bits per heavy atom. The number of halogens is 2. The zero-order valence-corrected chi connectivity index (χ0v) is 14.0. The van der Waals surface area contributed by atoms with Crippen LogP contribution >= 0.6 is 11.6 Å². The van der Waals surface area contributed by atoms with Gasteiger partial charge in [-0.1, -0.05) is 82.0 Å². The summed E-state index contributed by atoms with van der Waals surface area (Å²) < 4.78 is 13.8. The van der Waals surface area contributed by atoms with Crippen LogP contribution in [0.25, 0.3) is 0 Å². The minimum atomic E-state index is -0.314. The third-order valence-electron chi connectivity index (χ3n) is 3.94. The fourth-order valence-electron chi connectivity index (χ4n) is 2.63. The van der Waals surface area contributed by atoms with Crippen molar-refractivity contribution in [1.82, 2.24) is 0 Å². The van der Waals surface area contributed by atoms with Gasteiger partial charge in [-0.15, -0.1) is 0 Å². The average Bonchev–Trinajstić information content (AvgIpc) is 2.47. The molecule has 1 nitrogen and oxygen atoms in total. The Kier molecular flexibility index (Phi) is 9.69. The highest BCUT2D eigenvalue weighted by molar-refractivity contribution is 6.30. The normalized spacial score (nSPS) is 12.6. The summed E-state index contributed by atoms with van der Waals surface area (Å²) in [4.78, 5) is 0. The van der Waals surface area contributed by atoms with Crippen LogP contribution in [0.2, 0.25) is 5.02 Å². The van der Waals surface area contributed by atoms with E-state index in [0.29, 0.717) is 12.0 Å². The molecule has 1 aromatic carbocycles. The van der Waals surface area contributed by atoms with Gasteiger partial charge in [0.25, 0.3) is 0 Å². The second-order valence-corrected chi connectivity index (χ2v) is 6.35. The molecule has 1 unspecified atom stereocenters. The summed E-state index contributed by atoms with van der Waals surface area (Å²) in [6.07, 6.45) is 11.9. The maximum Gasteiger partial charge on any atom is 0.145 e. The molecule has 0 saturated carbocycles. The van der Waals surface area contributed by atoms with Crippen LogP contribution in [0.1, 0.15) is 70.3 Å². The highest BCUT2D eigenvalue weighted by atomic mass is 35.5. The van der Waals surface area contributed by atoms with Gasteiger partial charge in [-0.25, -0.2) is 4.39 Å². The summed E-state index contributed by atoms with van der Waals surface area (Å²) in [6.45, 7) is 2.24. The molecule has 1 atom stereocenters. The first-order valence-corrected chi connectivity index (χ1v) is 8.71. The number of hydrogen-bond acceptors (Lipinski definition) is 1. The quantitative estimate of drug-likeness (QED) is 0.507. The number of benzene rings is 1. The molecule has 2 N–H and O–H groups in total. The predicted octanol–water partition coefficient (Wildman–Crippen LogP) is 5.88. The van der Waals surface area contributed by atoms with Gasteiger partial charge in [0.15, 0.2) is 0 Å². The van der Waals surface area contributed by atoms with Crippen LogP contribution < -0.4 is 5.73 Å². The van der Waals surface area contributed by atoms with E-state index in [0.717, 1.165) is 12.8 Å². The van der Waals surface area contributed by atoms with Crippen LogP contribution in [0, 0.1) is 5.82 Å². The Balaban J connectivity index is 2.11. The number of nitrogens with two attached hydrogens (primary N) is 1. The zero-order valence-electron chi connectivity index (χ0n) is 13.2. The molecular weight excluding hydrogens is 285 g/mol. The molecule has 0 heterocycles. The molecule has 0 aliphatic carbocycles. The Bertz CT molecular complexity index is 395. The maximum atomic E-state index is 13.8. The van der Waals surface area contributed by atoms with Crippen molar-refractivity contribution in [2.24, 2.45) is 5.73 Å². The maximum absolute atomic E-state index is 13.8. The van der Waals surface area contributed by atoms with Crippen LogP contribution in [0.15, 0.2) is 18.2 Å². The molecule has 0 aromatic heterocycles. The van der Waals surface area contributed by atoms with Gasteiger partial charge in [-0.05, 0) is 24.5 Å². The molecule has 1 rings (SSSR count). The van der Waals surface area contributed by atoms with Crippen LogP contribution in [-0.2, 0) is 6.42 Å². The van der Waals surface area contributed by atoms with Gasteiger partial charge >= 0.3 is 0 Å². The summed E-state index contributed by atoms with van der Waals surface area (Å²) in [6, 6.07) is 5.15. The number of rotatable bonds is 11. The van der Waals surface area contributed by atoms with E-state index in [1.54, 1.807) is 18.2 Å². The molecular formula is C18H29ClFN. The molecule has 21 heavy (non-hydrogen) atoms. The van der Waals surface area contributed by atoms with E-state index >= 15 is 0 Å². The third kappa shape index (κ3) is 7.82. The van der Waals surface area contributed by atoms with Crippen molar-refractivity contribution in [2.75, 3.05) is 0 Å². The van der Waals surface area contributed by atoms with Crippen molar-refractivity contribution in [3.05, 3.63) is 34.6 Å². The molecule has 0 aliphatic rings. The average molecular weight is 314 g/mol. The molecule has 0 saturated heterocycles. The highest BCUT2D eigenvalue weighted by Crippen LogP contribution is 2.20. The molecule has 0 radical (unpaired) electrons. The molecule has 0 aliphatic heterocycles. The van der Waals surface area contributed by atoms with E-state index in [9.17, 15) is 4.39 Å². The van der Waals surface area contributed by atoms with Gasteiger partial charge in [0, 0.05) is 6.04 Å². The standard InChI is InChI=1S/C18H29ClFN/c1-2-3-4-5-6-7-8-9-12-16(21)14-15-11-10-13-17(19)18(15)20/h10-11,13,16H,2-9,12,14,21H2,1H3. The second kappa shape index (κ2) is 11.0. The Morgan fingerprint density at radius 1 is 1.05 bits per heavy atom. The first-order valence-electron chi connectivity index (χ1n) is 8.33.